The fourth-order valence-corrected chi connectivity index (χ4v) is 1.07. The number of benzene rings is 1. The first-order valence-corrected chi connectivity index (χ1v) is 3.18. The maximum absolute atomic E-state index is 10.9. The second-order valence-corrected chi connectivity index (χ2v) is 2.27. The van der Waals surface area contributed by atoms with Crippen LogP contribution in [0.15, 0.2) is 24.3 Å². The summed E-state index contributed by atoms with van der Waals surface area (Å²) in [6, 6.07) is 6.63. The second kappa shape index (κ2) is 3.34. The zero-order valence-corrected chi connectivity index (χ0v) is 10.3. The number of nitrogens with zero attached hydrogens (tertiary/aromatic N) is 1. The van der Waals surface area contributed by atoms with Gasteiger partial charge in [-0.2, -0.15) is 0 Å². The van der Waals surface area contributed by atoms with Crippen molar-refractivity contribution in [2.24, 2.45) is 0 Å². The van der Waals surface area contributed by atoms with Crippen LogP contribution in [-0.4, -0.2) is 11.8 Å². The average Bonchev–Trinajstić information content (AvgIpc) is 2.30. The molecular formula is C8H4CdNO2-. The number of carbonyl (C=O) groups is 2. The molecule has 0 bridgehead atoms. The van der Waals surface area contributed by atoms with E-state index < -0.39 is 11.8 Å². The van der Waals surface area contributed by atoms with Crippen LogP contribution in [0.25, 0.3) is 5.32 Å². The van der Waals surface area contributed by atoms with Crippen LogP contribution in [0.3, 0.4) is 0 Å². The second-order valence-electron chi connectivity index (χ2n) is 2.27. The smallest absolute Gasteiger partial charge is 0.0883 e. The quantitative estimate of drug-likeness (QED) is 0.521. The van der Waals surface area contributed by atoms with Gasteiger partial charge in [0.1, 0.15) is 0 Å². The van der Waals surface area contributed by atoms with E-state index in [1.165, 1.54) is 0 Å². The molecule has 4 heteroatoms. The van der Waals surface area contributed by atoms with Crippen molar-refractivity contribution < 1.29 is 36.9 Å². The first-order chi connectivity index (χ1) is 5.29. The summed E-state index contributed by atoms with van der Waals surface area (Å²) in [5.74, 6) is -0.851. The molecular weight excluding hydrogens is 255 g/mol. The fourth-order valence-electron chi connectivity index (χ4n) is 1.07. The van der Waals surface area contributed by atoms with Crippen LogP contribution >= 0.6 is 0 Å². The van der Waals surface area contributed by atoms with Gasteiger partial charge in [0, 0.05) is 38.4 Å². The van der Waals surface area contributed by atoms with Crippen LogP contribution in [0.2, 0.25) is 0 Å². The summed E-state index contributed by atoms with van der Waals surface area (Å²) < 4.78 is 0. The van der Waals surface area contributed by atoms with Gasteiger partial charge in [-0.05, 0) is 0 Å². The number of hydrogen-bond donors (Lipinski definition) is 0. The average molecular weight is 259 g/mol. The summed E-state index contributed by atoms with van der Waals surface area (Å²) in [4.78, 5) is 21.8. The van der Waals surface area contributed by atoms with E-state index in [1.807, 2.05) is 0 Å². The predicted molar refractivity (Wildman–Crippen MR) is 38.5 cm³/mol. The molecule has 2 amide bonds. The number of carbonyl (C=O) groups excluding carboxylic acids is 2. The molecule has 0 saturated heterocycles. The summed E-state index contributed by atoms with van der Waals surface area (Å²) in [5, 5.41) is 3.28. The summed E-state index contributed by atoms with van der Waals surface area (Å²) in [7, 11) is 0. The molecule has 1 heterocycles. The van der Waals surface area contributed by atoms with Gasteiger partial charge < -0.3 is 14.9 Å². The van der Waals surface area contributed by atoms with Crippen LogP contribution in [0.5, 0.6) is 0 Å². The molecule has 0 N–H and O–H groups in total. The predicted octanol–water partition coefficient (Wildman–Crippen LogP) is 1.35. The van der Waals surface area contributed by atoms with Crippen LogP contribution in [0.4, 0.5) is 0 Å². The van der Waals surface area contributed by atoms with Crippen molar-refractivity contribution in [2.45, 2.75) is 0 Å². The standard InChI is InChI=1S/C8H5NO2.Cd/c10-7-5-3-1-2-4-6(5)8(11)9-7;/h1-4H,(H,9,10,11);/p-1. The Bertz CT molecular complexity index is 316. The molecule has 0 saturated carbocycles. The molecule has 3 nitrogen and oxygen atoms in total. The van der Waals surface area contributed by atoms with Gasteiger partial charge in [-0.25, -0.2) is 0 Å². The monoisotopic (exact) mass is 260 g/mol. The number of fused-ring (bicyclic) bond motifs is 1. The van der Waals surface area contributed by atoms with Gasteiger partial charge >= 0.3 is 0 Å². The Morgan fingerprint density at radius 1 is 0.917 bits per heavy atom. The van der Waals surface area contributed by atoms with Gasteiger partial charge in [0.15, 0.2) is 0 Å². The minimum atomic E-state index is -0.425. The Hall–Kier alpha value is -0.718. The SMILES string of the molecule is O=C1[N-]C(=O)c2ccccc21.[Cd]. The van der Waals surface area contributed by atoms with E-state index in [1.54, 1.807) is 24.3 Å². The third-order valence-electron chi connectivity index (χ3n) is 1.59. The van der Waals surface area contributed by atoms with E-state index in [0.717, 1.165) is 0 Å². The summed E-state index contributed by atoms with van der Waals surface area (Å²) in [5.41, 5.74) is 0.829. The van der Waals surface area contributed by atoms with Crippen LogP contribution < -0.4 is 0 Å². The molecule has 1 aliphatic heterocycles. The van der Waals surface area contributed by atoms with Gasteiger partial charge in [-0.3, -0.25) is 0 Å². The molecule has 0 atom stereocenters. The van der Waals surface area contributed by atoms with Crippen molar-refractivity contribution in [3.8, 4) is 0 Å². The number of hydrogen-bond acceptors (Lipinski definition) is 2. The molecule has 0 aliphatic carbocycles. The van der Waals surface area contributed by atoms with Crippen molar-refractivity contribution >= 4 is 11.8 Å². The molecule has 0 unspecified atom stereocenters. The maximum atomic E-state index is 10.9. The van der Waals surface area contributed by atoms with Gasteiger partial charge in [0.25, 0.3) is 0 Å². The summed E-state index contributed by atoms with van der Waals surface area (Å²) >= 11 is 0. The topological polar surface area (TPSA) is 48.2 Å². The van der Waals surface area contributed by atoms with Crippen molar-refractivity contribution in [1.29, 1.82) is 0 Å². The van der Waals surface area contributed by atoms with Gasteiger partial charge in [-0.15, -0.1) is 0 Å². The minimum Gasteiger partial charge on any atom is -0.587 e. The van der Waals surface area contributed by atoms with Crippen molar-refractivity contribution in [1.82, 2.24) is 0 Å². The Labute approximate surface area is 89.3 Å². The molecule has 2 rings (SSSR count). The van der Waals surface area contributed by atoms with E-state index in [2.05, 4.69) is 5.32 Å². The van der Waals surface area contributed by atoms with Gasteiger partial charge in [0.2, 0.25) is 0 Å². The van der Waals surface area contributed by atoms with Crippen molar-refractivity contribution in [2.75, 3.05) is 0 Å². The van der Waals surface area contributed by atoms with E-state index in [4.69, 9.17) is 0 Å². The number of imide groups is 1. The zero-order valence-electron chi connectivity index (χ0n) is 6.28. The third kappa shape index (κ3) is 1.28. The third-order valence-corrected chi connectivity index (χ3v) is 1.59. The Balaban J connectivity index is 0.000000720. The molecule has 12 heavy (non-hydrogen) atoms. The summed E-state index contributed by atoms with van der Waals surface area (Å²) in [6.07, 6.45) is 0. The van der Waals surface area contributed by atoms with Crippen LogP contribution in [0, 0.1) is 0 Å². The molecule has 1 aromatic rings. The van der Waals surface area contributed by atoms with E-state index >= 15 is 0 Å². The summed E-state index contributed by atoms with van der Waals surface area (Å²) in [6.45, 7) is 0. The fraction of sp³-hybridized carbons (Fsp3) is 0. The minimum absolute atomic E-state index is 0. The zero-order chi connectivity index (χ0) is 7.84. The van der Waals surface area contributed by atoms with E-state index in [0.29, 0.717) is 11.1 Å². The Morgan fingerprint density at radius 2 is 1.33 bits per heavy atom. The van der Waals surface area contributed by atoms with Crippen LogP contribution in [-0.2, 0) is 27.3 Å². The molecule has 56 valence electrons. The molecule has 0 spiro atoms. The van der Waals surface area contributed by atoms with Gasteiger partial charge in [0.05, 0.1) is 11.8 Å². The maximum Gasteiger partial charge on any atom is 0.0883 e. The van der Waals surface area contributed by atoms with Crippen LogP contribution in [0.1, 0.15) is 20.7 Å². The first kappa shape index (κ1) is 9.37. The van der Waals surface area contributed by atoms with Crippen molar-refractivity contribution in [3.63, 3.8) is 0 Å². The van der Waals surface area contributed by atoms with E-state index in [9.17, 15) is 9.59 Å². The largest absolute Gasteiger partial charge is 0.587 e. The number of amides is 2. The molecule has 0 aromatic heterocycles. The molecule has 1 aromatic carbocycles. The van der Waals surface area contributed by atoms with Crippen molar-refractivity contribution in [3.05, 3.63) is 40.7 Å². The molecule has 0 fully saturated rings. The Morgan fingerprint density at radius 3 is 1.75 bits per heavy atom. The normalized spacial score (nSPS) is 13.3. The van der Waals surface area contributed by atoms with Gasteiger partial charge in [-0.1, -0.05) is 24.3 Å². The number of rotatable bonds is 0. The first-order valence-electron chi connectivity index (χ1n) is 3.18. The van der Waals surface area contributed by atoms with E-state index in [-0.39, 0.29) is 27.3 Å². The molecule has 1 aliphatic rings. The molecule has 0 radical (unpaired) electrons. The Kier molecular flexibility index (Phi) is 2.61.